The molecule has 16 heavy (non-hydrogen) atoms. The fraction of sp³-hybridized carbons (Fsp3) is 0.778. The lowest BCUT2D eigenvalue weighted by atomic mass is 9.97. The number of fused-ring (bicyclic) bond motifs is 1. The summed E-state index contributed by atoms with van der Waals surface area (Å²) < 4.78 is 0. The van der Waals surface area contributed by atoms with Crippen LogP contribution in [0.2, 0.25) is 0 Å². The number of aliphatic imine (C=N–C) groups is 1. The van der Waals surface area contributed by atoms with Crippen LogP contribution in [0.5, 0.6) is 0 Å². The Balaban J connectivity index is 2.27. The number of aliphatic hydroxyl groups is 3. The highest BCUT2D eigenvalue weighted by Gasteiger charge is 2.48. The molecule has 0 aliphatic carbocycles. The van der Waals surface area contributed by atoms with Crippen LogP contribution < -0.4 is 5.32 Å². The van der Waals surface area contributed by atoms with Crippen LogP contribution in [0.25, 0.3) is 0 Å². The van der Waals surface area contributed by atoms with E-state index in [1.54, 1.807) is 6.92 Å². The zero-order valence-electron chi connectivity index (χ0n) is 8.70. The summed E-state index contributed by atoms with van der Waals surface area (Å²) in [6, 6.07) is -0.628. The summed E-state index contributed by atoms with van der Waals surface area (Å²) in [6.45, 7) is 1.36. The van der Waals surface area contributed by atoms with Crippen molar-refractivity contribution in [2.24, 2.45) is 4.99 Å². The SMILES string of the molecule is CC1=NC2C(SC(CO)[C@@H](O)[C@@H]2O)C(=O)N1. The molecule has 4 N–H and O–H groups in total. The number of aliphatic hydroxyl groups excluding tert-OH is 3. The number of carbonyl (C=O) groups is 1. The second kappa shape index (κ2) is 4.33. The van der Waals surface area contributed by atoms with Crippen LogP contribution in [-0.4, -0.2) is 62.4 Å². The Labute approximate surface area is 96.8 Å². The Bertz CT molecular complexity index is 335. The maximum atomic E-state index is 11.7. The standard InChI is InChI=1S/C9H14N2O4S/c1-3-10-5-7(14)6(13)4(2-12)16-8(5)9(15)11-3/h4-8,12-14H,2H2,1H3,(H,10,11,15)/t4?,5?,6-,7-,8?/m1/s1. The molecule has 1 amide bonds. The van der Waals surface area contributed by atoms with E-state index in [0.717, 1.165) is 11.8 Å². The molecular weight excluding hydrogens is 232 g/mol. The van der Waals surface area contributed by atoms with Gasteiger partial charge in [-0.1, -0.05) is 0 Å². The number of thioether (sulfide) groups is 1. The molecule has 2 aliphatic heterocycles. The van der Waals surface area contributed by atoms with Gasteiger partial charge in [0.15, 0.2) is 0 Å². The summed E-state index contributed by atoms with van der Waals surface area (Å²) in [5.74, 6) is 0.215. The predicted molar refractivity (Wildman–Crippen MR) is 59.3 cm³/mol. The van der Waals surface area contributed by atoms with Gasteiger partial charge in [0, 0.05) is 0 Å². The average molecular weight is 246 g/mol. The molecule has 1 saturated heterocycles. The monoisotopic (exact) mass is 246 g/mol. The van der Waals surface area contributed by atoms with Crippen molar-refractivity contribution in [3.63, 3.8) is 0 Å². The van der Waals surface area contributed by atoms with E-state index < -0.39 is 28.7 Å². The molecule has 0 aromatic heterocycles. The van der Waals surface area contributed by atoms with Gasteiger partial charge in [-0.25, -0.2) is 0 Å². The maximum Gasteiger partial charge on any atom is 0.240 e. The minimum atomic E-state index is -1.11. The van der Waals surface area contributed by atoms with Gasteiger partial charge >= 0.3 is 0 Å². The minimum Gasteiger partial charge on any atom is -0.395 e. The molecule has 0 radical (unpaired) electrons. The minimum absolute atomic E-state index is 0.230. The summed E-state index contributed by atoms with van der Waals surface area (Å²) in [4.78, 5) is 15.8. The number of rotatable bonds is 1. The normalized spacial score (nSPS) is 43.4. The van der Waals surface area contributed by atoms with Crippen molar-refractivity contribution < 1.29 is 20.1 Å². The number of nitrogens with one attached hydrogen (secondary N) is 1. The van der Waals surface area contributed by atoms with Crippen LogP contribution >= 0.6 is 11.8 Å². The first-order chi connectivity index (χ1) is 7.54. The van der Waals surface area contributed by atoms with Gasteiger partial charge in [-0.3, -0.25) is 9.79 Å². The Morgan fingerprint density at radius 1 is 1.44 bits per heavy atom. The van der Waals surface area contributed by atoms with Gasteiger partial charge in [0.1, 0.15) is 23.2 Å². The van der Waals surface area contributed by atoms with Gasteiger partial charge in [0.2, 0.25) is 5.91 Å². The van der Waals surface area contributed by atoms with E-state index >= 15 is 0 Å². The van der Waals surface area contributed by atoms with E-state index in [0.29, 0.717) is 5.84 Å². The van der Waals surface area contributed by atoms with Gasteiger partial charge in [0.25, 0.3) is 0 Å². The number of hydrogen-bond acceptors (Lipinski definition) is 6. The molecule has 0 aromatic rings. The van der Waals surface area contributed by atoms with Crippen LogP contribution in [0.1, 0.15) is 6.92 Å². The summed E-state index contributed by atoms with van der Waals surface area (Å²) in [7, 11) is 0. The second-order valence-corrected chi connectivity index (χ2v) is 5.34. The largest absolute Gasteiger partial charge is 0.395 e. The van der Waals surface area contributed by atoms with Crippen molar-refractivity contribution in [3.8, 4) is 0 Å². The van der Waals surface area contributed by atoms with Crippen molar-refractivity contribution in [2.45, 2.75) is 35.7 Å². The first-order valence-corrected chi connectivity index (χ1v) is 5.96. The van der Waals surface area contributed by atoms with E-state index in [-0.39, 0.29) is 12.5 Å². The smallest absolute Gasteiger partial charge is 0.240 e. The van der Waals surface area contributed by atoms with Crippen LogP contribution in [-0.2, 0) is 4.79 Å². The number of amides is 1. The predicted octanol–water partition coefficient (Wildman–Crippen LogP) is -1.90. The fourth-order valence-corrected chi connectivity index (χ4v) is 3.32. The van der Waals surface area contributed by atoms with Crippen molar-refractivity contribution in [1.29, 1.82) is 0 Å². The quantitative estimate of drug-likeness (QED) is 0.433. The molecule has 6 nitrogen and oxygen atoms in total. The average Bonchev–Trinajstić information content (AvgIpc) is 2.24. The van der Waals surface area contributed by atoms with Crippen LogP contribution in [0.15, 0.2) is 4.99 Å². The number of nitrogens with zero attached hydrogens (tertiary/aromatic N) is 1. The summed E-state index contributed by atoms with van der Waals surface area (Å²) in [5, 5.41) is 30.1. The van der Waals surface area contributed by atoms with Crippen LogP contribution in [0, 0.1) is 0 Å². The Morgan fingerprint density at radius 2 is 2.12 bits per heavy atom. The summed E-state index contributed by atoms with van der Waals surface area (Å²) >= 11 is 1.16. The third-order valence-corrected chi connectivity index (χ3v) is 4.36. The molecule has 3 unspecified atom stereocenters. The molecule has 0 aromatic carbocycles. The van der Waals surface area contributed by atoms with E-state index in [1.165, 1.54) is 0 Å². The van der Waals surface area contributed by atoms with E-state index in [4.69, 9.17) is 5.11 Å². The highest BCUT2D eigenvalue weighted by Crippen LogP contribution is 2.35. The highest BCUT2D eigenvalue weighted by atomic mass is 32.2. The molecule has 90 valence electrons. The van der Waals surface area contributed by atoms with Crippen molar-refractivity contribution in [2.75, 3.05) is 6.61 Å². The molecule has 0 bridgehead atoms. The zero-order chi connectivity index (χ0) is 11.9. The summed E-state index contributed by atoms with van der Waals surface area (Å²) in [5.41, 5.74) is 0. The molecule has 2 heterocycles. The van der Waals surface area contributed by atoms with Gasteiger partial charge in [0.05, 0.1) is 18.0 Å². The molecule has 7 heteroatoms. The molecule has 0 saturated carbocycles. The first-order valence-electron chi connectivity index (χ1n) is 5.02. The van der Waals surface area contributed by atoms with Gasteiger partial charge in [-0.05, 0) is 6.92 Å². The Hall–Kier alpha value is -0.630. The first kappa shape index (κ1) is 11.8. The number of amidine groups is 1. The van der Waals surface area contributed by atoms with E-state index in [2.05, 4.69) is 10.3 Å². The molecule has 2 rings (SSSR count). The van der Waals surface area contributed by atoms with Gasteiger partial charge in [-0.15, -0.1) is 11.8 Å². The van der Waals surface area contributed by atoms with Gasteiger partial charge in [-0.2, -0.15) is 0 Å². The van der Waals surface area contributed by atoms with Crippen molar-refractivity contribution in [3.05, 3.63) is 0 Å². The Morgan fingerprint density at radius 3 is 2.75 bits per heavy atom. The molecule has 1 fully saturated rings. The van der Waals surface area contributed by atoms with Gasteiger partial charge < -0.3 is 20.6 Å². The number of carbonyl (C=O) groups excluding carboxylic acids is 1. The van der Waals surface area contributed by atoms with E-state index in [9.17, 15) is 15.0 Å². The highest BCUT2D eigenvalue weighted by molar-refractivity contribution is 8.01. The third kappa shape index (κ3) is 1.84. The third-order valence-electron chi connectivity index (χ3n) is 2.80. The van der Waals surface area contributed by atoms with Crippen molar-refractivity contribution >= 4 is 23.5 Å². The second-order valence-electron chi connectivity index (χ2n) is 3.95. The molecule has 5 atom stereocenters. The molecule has 2 aliphatic rings. The summed E-state index contributed by atoms with van der Waals surface area (Å²) in [6.07, 6.45) is -2.16. The topological polar surface area (TPSA) is 102 Å². The fourth-order valence-electron chi connectivity index (χ4n) is 1.97. The lowest BCUT2D eigenvalue weighted by Crippen LogP contribution is -2.60. The zero-order valence-corrected chi connectivity index (χ0v) is 9.52. The lowest BCUT2D eigenvalue weighted by molar-refractivity contribution is -0.121. The molecule has 0 spiro atoms. The van der Waals surface area contributed by atoms with Crippen LogP contribution in [0.3, 0.4) is 0 Å². The van der Waals surface area contributed by atoms with E-state index in [1.807, 2.05) is 0 Å². The Kier molecular flexibility index (Phi) is 3.20. The number of hydrogen-bond donors (Lipinski definition) is 4. The van der Waals surface area contributed by atoms with Crippen molar-refractivity contribution in [1.82, 2.24) is 5.32 Å². The molecular formula is C9H14N2O4S. The van der Waals surface area contributed by atoms with Crippen LogP contribution in [0.4, 0.5) is 0 Å². The lowest BCUT2D eigenvalue weighted by Gasteiger charge is -2.41. The maximum absolute atomic E-state index is 11.7.